The smallest absolute Gasteiger partial charge is 0.251 e. The van der Waals surface area contributed by atoms with Gasteiger partial charge in [0.05, 0.1) is 18.3 Å². The summed E-state index contributed by atoms with van der Waals surface area (Å²) >= 11 is 1.72. The van der Waals surface area contributed by atoms with Crippen molar-refractivity contribution in [3.8, 4) is 22.8 Å². The third kappa shape index (κ3) is 4.65. The zero-order chi connectivity index (χ0) is 25.4. The Hall–Kier alpha value is -3.88. The molecule has 3 aromatic carbocycles. The van der Waals surface area contributed by atoms with Gasteiger partial charge in [-0.15, -0.1) is 11.3 Å². The van der Waals surface area contributed by atoms with E-state index in [1.54, 1.807) is 30.6 Å². The fourth-order valence-electron chi connectivity index (χ4n) is 5.20. The standard InChI is InChI=1S/C29H28N4O3S/c1-36-26-6-2-5-25(34)23(26)17-33-12-3-4-21(16-33)30-29(35)20-7-9-24-22(15-20)28(32-31-24)19-8-10-27-18(14-19)11-13-37-27/h2,5-11,13-15,21,34H,3-4,12,16-17H2,1H3,(H,30,35)(H,31,32)/t21-/m1/s1. The lowest BCUT2D eigenvalue weighted by Gasteiger charge is -2.33. The average molecular weight is 513 g/mol. The van der Waals surface area contributed by atoms with E-state index in [9.17, 15) is 9.90 Å². The number of likely N-dealkylation sites (tertiary alicyclic amines) is 1. The van der Waals surface area contributed by atoms with Gasteiger partial charge in [0, 0.05) is 45.9 Å². The molecular formula is C29H28N4O3S. The molecule has 3 heterocycles. The quantitative estimate of drug-likeness (QED) is 0.277. The minimum absolute atomic E-state index is 0.0265. The minimum Gasteiger partial charge on any atom is -0.507 e. The first kappa shape index (κ1) is 23.5. The normalized spacial score (nSPS) is 16.3. The number of aromatic nitrogens is 2. The molecule has 1 atom stereocenters. The molecule has 0 aliphatic carbocycles. The molecule has 0 bridgehead atoms. The first-order chi connectivity index (χ1) is 18.1. The fourth-order valence-corrected chi connectivity index (χ4v) is 5.97. The van der Waals surface area contributed by atoms with E-state index in [1.165, 1.54) is 10.1 Å². The summed E-state index contributed by atoms with van der Waals surface area (Å²) in [7, 11) is 1.61. The summed E-state index contributed by atoms with van der Waals surface area (Å²) in [6.07, 6.45) is 1.89. The van der Waals surface area contributed by atoms with E-state index in [-0.39, 0.29) is 17.7 Å². The number of aromatic amines is 1. The highest BCUT2D eigenvalue weighted by Crippen LogP contribution is 2.32. The van der Waals surface area contributed by atoms with Gasteiger partial charge in [0.2, 0.25) is 0 Å². The highest BCUT2D eigenvalue weighted by Gasteiger charge is 2.24. The maximum atomic E-state index is 13.3. The summed E-state index contributed by atoms with van der Waals surface area (Å²) in [6.45, 7) is 2.19. The van der Waals surface area contributed by atoms with E-state index in [4.69, 9.17) is 4.74 Å². The molecule has 1 amide bonds. The van der Waals surface area contributed by atoms with Crippen molar-refractivity contribution in [2.45, 2.75) is 25.4 Å². The van der Waals surface area contributed by atoms with Crippen molar-refractivity contribution in [1.29, 1.82) is 0 Å². The van der Waals surface area contributed by atoms with Crippen molar-refractivity contribution in [2.24, 2.45) is 0 Å². The number of carbonyl (C=O) groups excluding carboxylic acids is 1. The van der Waals surface area contributed by atoms with Gasteiger partial charge in [-0.2, -0.15) is 5.10 Å². The van der Waals surface area contributed by atoms with Crippen LogP contribution < -0.4 is 10.1 Å². The van der Waals surface area contributed by atoms with Crippen LogP contribution in [-0.2, 0) is 6.54 Å². The fraction of sp³-hybridized carbons (Fsp3) is 0.241. The number of hydrogen-bond donors (Lipinski definition) is 3. The molecule has 37 heavy (non-hydrogen) atoms. The van der Waals surface area contributed by atoms with E-state index in [2.05, 4.69) is 50.1 Å². The topological polar surface area (TPSA) is 90.5 Å². The Kier molecular flexibility index (Phi) is 6.28. The molecule has 0 radical (unpaired) electrons. The van der Waals surface area contributed by atoms with Crippen molar-refractivity contribution in [3.05, 3.63) is 77.2 Å². The Balaban J connectivity index is 1.19. The largest absolute Gasteiger partial charge is 0.507 e. The molecule has 1 aliphatic heterocycles. The van der Waals surface area contributed by atoms with Gasteiger partial charge in [-0.25, -0.2) is 0 Å². The third-order valence-electron chi connectivity index (χ3n) is 7.10. The maximum Gasteiger partial charge on any atom is 0.251 e. The Bertz CT molecular complexity index is 1590. The Morgan fingerprint density at radius 3 is 3.03 bits per heavy atom. The number of piperidine rings is 1. The zero-order valence-corrected chi connectivity index (χ0v) is 21.3. The number of phenolic OH excluding ortho intramolecular Hbond substituents is 1. The van der Waals surface area contributed by atoms with E-state index >= 15 is 0 Å². The summed E-state index contributed by atoms with van der Waals surface area (Å²) in [5.74, 6) is 0.815. The zero-order valence-electron chi connectivity index (χ0n) is 20.5. The molecule has 8 heteroatoms. The number of aromatic hydroxyl groups is 1. The number of hydrogen-bond acceptors (Lipinski definition) is 6. The second-order valence-corrected chi connectivity index (χ2v) is 10.5. The summed E-state index contributed by atoms with van der Waals surface area (Å²) < 4.78 is 6.68. The van der Waals surface area contributed by atoms with Crippen molar-refractivity contribution in [1.82, 2.24) is 20.4 Å². The van der Waals surface area contributed by atoms with Gasteiger partial charge in [0.1, 0.15) is 11.5 Å². The molecule has 2 aromatic heterocycles. The lowest BCUT2D eigenvalue weighted by atomic mass is 10.0. The van der Waals surface area contributed by atoms with E-state index < -0.39 is 0 Å². The number of carbonyl (C=O) groups is 1. The monoisotopic (exact) mass is 512 g/mol. The maximum absolute atomic E-state index is 13.3. The molecule has 6 rings (SSSR count). The highest BCUT2D eigenvalue weighted by atomic mass is 32.1. The minimum atomic E-state index is -0.0886. The summed E-state index contributed by atoms with van der Waals surface area (Å²) in [5.41, 5.74) is 4.16. The van der Waals surface area contributed by atoms with Crippen LogP contribution in [0.1, 0.15) is 28.8 Å². The third-order valence-corrected chi connectivity index (χ3v) is 8.00. The van der Waals surface area contributed by atoms with Gasteiger partial charge >= 0.3 is 0 Å². The van der Waals surface area contributed by atoms with Gasteiger partial charge in [-0.05, 0) is 78.7 Å². The van der Waals surface area contributed by atoms with Crippen LogP contribution in [0.25, 0.3) is 32.2 Å². The lowest BCUT2D eigenvalue weighted by Crippen LogP contribution is -2.47. The highest BCUT2D eigenvalue weighted by molar-refractivity contribution is 7.17. The number of H-pyrrole nitrogens is 1. The van der Waals surface area contributed by atoms with Gasteiger partial charge in [-0.3, -0.25) is 14.8 Å². The molecule has 7 nitrogen and oxygen atoms in total. The van der Waals surface area contributed by atoms with E-state index in [1.807, 2.05) is 24.3 Å². The molecule has 0 unspecified atom stereocenters. The van der Waals surface area contributed by atoms with Crippen LogP contribution >= 0.6 is 11.3 Å². The first-order valence-corrected chi connectivity index (χ1v) is 13.3. The number of nitrogens with zero attached hydrogens (tertiary/aromatic N) is 2. The molecule has 0 spiro atoms. The molecule has 1 aliphatic rings. The molecule has 1 fully saturated rings. The number of thiophene rings is 1. The Labute approximate surface area is 218 Å². The van der Waals surface area contributed by atoms with Gasteiger partial charge < -0.3 is 15.2 Å². The second-order valence-electron chi connectivity index (χ2n) is 9.51. The molecule has 5 aromatic rings. The number of nitrogens with one attached hydrogen (secondary N) is 2. The molecule has 1 saturated heterocycles. The number of rotatable bonds is 6. The molecular weight excluding hydrogens is 484 g/mol. The van der Waals surface area contributed by atoms with Gasteiger partial charge in [-0.1, -0.05) is 12.1 Å². The second kappa shape index (κ2) is 9.88. The predicted octanol–water partition coefficient (Wildman–Crippen LogP) is 5.55. The lowest BCUT2D eigenvalue weighted by molar-refractivity contribution is 0.0900. The number of methoxy groups -OCH3 is 1. The van der Waals surface area contributed by atoms with Crippen LogP contribution in [0.4, 0.5) is 0 Å². The predicted molar refractivity (Wildman–Crippen MR) is 147 cm³/mol. The summed E-state index contributed by atoms with van der Waals surface area (Å²) in [5, 5.41) is 25.4. The SMILES string of the molecule is COc1cccc(O)c1CN1CCC[C@@H](NC(=O)c2ccc3[nH]nc(-c4ccc5sccc5c4)c3c2)C1. The number of amides is 1. The number of phenols is 1. The van der Waals surface area contributed by atoms with E-state index in [0.29, 0.717) is 24.4 Å². The van der Waals surface area contributed by atoms with Crippen LogP contribution in [0, 0.1) is 0 Å². The Morgan fingerprint density at radius 1 is 1.22 bits per heavy atom. The number of ether oxygens (including phenoxy) is 1. The van der Waals surface area contributed by atoms with Crippen LogP contribution in [0.5, 0.6) is 11.5 Å². The molecule has 3 N–H and O–H groups in total. The van der Waals surface area contributed by atoms with Crippen LogP contribution in [0.3, 0.4) is 0 Å². The first-order valence-electron chi connectivity index (χ1n) is 12.4. The Morgan fingerprint density at radius 2 is 2.14 bits per heavy atom. The summed E-state index contributed by atoms with van der Waals surface area (Å²) in [4.78, 5) is 15.5. The summed E-state index contributed by atoms with van der Waals surface area (Å²) in [6, 6.07) is 19.5. The van der Waals surface area contributed by atoms with Crippen LogP contribution in [0.2, 0.25) is 0 Å². The van der Waals surface area contributed by atoms with E-state index in [0.717, 1.165) is 47.1 Å². The van der Waals surface area contributed by atoms with Crippen molar-refractivity contribution in [3.63, 3.8) is 0 Å². The van der Waals surface area contributed by atoms with Gasteiger partial charge in [0.15, 0.2) is 0 Å². The molecule has 0 saturated carbocycles. The van der Waals surface area contributed by atoms with Gasteiger partial charge in [0.25, 0.3) is 5.91 Å². The van der Waals surface area contributed by atoms with Crippen LogP contribution in [-0.4, -0.2) is 52.4 Å². The average Bonchev–Trinajstić information content (AvgIpc) is 3.56. The van der Waals surface area contributed by atoms with Crippen LogP contribution in [0.15, 0.2) is 66.0 Å². The molecule has 188 valence electrons. The number of benzene rings is 3. The van der Waals surface area contributed by atoms with Crippen molar-refractivity contribution in [2.75, 3.05) is 20.2 Å². The number of fused-ring (bicyclic) bond motifs is 2. The van der Waals surface area contributed by atoms with Crippen molar-refractivity contribution >= 4 is 38.2 Å². The van der Waals surface area contributed by atoms with Crippen molar-refractivity contribution < 1.29 is 14.6 Å².